The van der Waals surface area contributed by atoms with Crippen LogP contribution in [0.5, 0.6) is 0 Å². The molecule has 1 amide bonds. The van der Waals surface area contributed by atoms with Crippen molar-refractivity contribution >= 4 is 23.8 Å². The molecule has 7 N–H and O–H groups in total. The maximum absolute atomic E-state index is 12.0. The Bertz CT molecular complexity index is 586. The molecule has 0 heterocycles. The van der Waals surface area contributed by atoms with Crippen LogP contribution in [0.25, 0.3) is 0 Å². The number of hydrogen-bond donors (Lipinski definition) is 5. The molecule has 3 unspecified atom stereocenters. The van der Waals surface area contributed by atoms with Crippen molar-refractivity contribution in [1.82, 2.24) is 5.32 Å². The fraction of sp³-hybridized carbons (Fsp3) is 0.826. The molecule has 0 bridgehead atoms. The number of esters is 1. The van der Waals surface area contributed by atoms with E-state index in [4.69, 9.17) is 21.3 Å². The topological polar surface area (TPSA) is 182 Å². The molecule has 0 aromatic carbocycles. The third-order valence-electron chi connectivity index (χ3n) is 5.44. The Hall–Kier alpha value is -2.20. The van der Waals surface area contributed by atoms with Crippen LogP contribution in [-0.4, -0.2) is 58.8 Å². The Balaban J connectivity index is 3.97. The van der Waals surface area contributed by atoms with Gasteiger partial charge < -0.3 is 31.7 Å². The van der Waals surface area contributed by atoms with Gasteiger partial charge in [-0.3, -0.25) is 14.4 Å². The quantitative estimate of drug-likeness (QED) is 0.123. The van der Waals surface area contributed by atoms with E-state index in [0.717, 1.165) is 19.3 Å². The third kappa shape index (κ3) is 17.0. The number of rotatable bonds is 21. The lowest BCUT2D eigenvalue weighted by Crippen LogP contribution is -2.42. The highest BCUT2D eigenvalue weighted by atomic mass is 16.5. The minimum absolute atomic E-state index is 0.0403. The van der Waals surface area contributed by atoms with Crippen molar-refractivity contribution in [2.24, 2.45) is 11.5 Å². The standard InChI is InChI=1S/C23H43N3O7/c1-2-3-4-5-6-7-8-9-10-16-33-23(32)18(25)14-15-20(27)26-19(22(30)31)13-11-12-17(24)21(28)29/h17-19H,2-16,24-25H2,1H3,(H,26,27)(H,28,29)(H,30,31). The first-order valence-corrected chi connectivity index (χ1v) is 12.1. The van der Waals surface area contributed by atoms with Crippen LogP contribution in [0.1, 0.15) is 96.8 Å². The van der Waals surface area contributed by atoms with Gasteiger partial charge in [0.25, 0.3) is 0 Å². The van der Waals surface area contributed by atoms with Gasteiger partial charge in [0.2, 0.25) is 5.91 Å². The Morgan fingerprint density at radius 1 is 0.758 bits per heavy atom. The van der Waals surface area contributed by atoms with E-state index in [2.05, 4.69) is 12.2 Å². The second kappa shape index (κ2) is 19.3. The largest absolute Gasteiger partial charge is 0.480 e. The van der Waals surface area contributed by atoms with Crippen LogP contribution in [0.15, 0.2) is 0 Å². The fourth-order valence-electron chi connectivity index (χ4n) is 3.29. The summed E-state index contributed by atoms with van der Waals surface area (Å²) in [5.41, 5.74) is 11.2. The maximum atomic E-state index is 12.0. The zero-order chi connectivity index (χ0) is 25.1. The van der Waals surface area contributed by atoms with E-state index in [1.165, 1.54) is 38.5 Å². The number of carbonyl (C=O) groups is 4. The highest BCUT2D eigenvalue weighted by molar-refractivity contribution is 5.84. The lowest BCUT2D eigenvalue weighted by Gasteiger charge is -2.16. The average Bonchev–Trinajstić information content (AvgIpc) is 2.77. The maximum Gasteiger partial charge on any atom is 0.326 e. The molecule has 0 spiro atoms. The van der Waals surface area contributed by atoms with Gasteiger partial charge in [-0.1, -0.05) is 58.3 Å². The van der Waals surface area contributed by atoms with Gasteiger partial charge in [-0.25, -0.2) is 4.79 Å². The predicted molar refractivity (Wildman–Crippen MR) is 124 cm³/mol. The molecule has 10 heteroatoms. The molecule has 0 radical (unpaired) electrons. The summed E-state index contributed by atoms with van der Waals surface area (Å²) in [7, 11) is 0. The van der Waals surface area contributed by atoms with E-state index in [1.807, 2.05) is 0 Å². The van der Waals surface area contributed by atoms with Gasteiger partial charge in [-0.05, 0) is 32.1 Å². The van der Waals surface area contributed by atoms with E-state index in [0.29, 0.717) is 6.61 Å². The summed E-state index contributed by atoms with van der Waals surface area (Å²) in [5.74, 6) is -3.51. The first-order chi connectivity index (χ1) is 15.7. The van der Waals surface area contributed by atoms with E-state index >= 15 is 0 Å². The molecule has 0 aliphatic carbocycles. The molecule has 0 saturated carbocycles. The number of nitrogens with one attached hydrogen (secondary N) is 1. The van der Waals surface area contributed by atoms with Crippen molar-refractivity contribution in [3.05, 3.63) is 0 Å². The van der Waals surface area contributed by atoms with Crippen molar-refractivity contribution in [2.45, 2.75) is 115 Å². The highest BCUT2D eigenvalue weighted by Crippen LogP contribution is 2.10. The van der Waals surface area contributed by atoms with Gasteiger partial charge in [-0.2, -0.15) is 0 Å². The van der Waals surface area contributed by atoms with Crippen LogP contribution in [0.4, 0.5) is 0 Å². The minimum Gasteiger partial charge on any atom is -0.480 e. The van der Waals surface area contributed by atoms with Crippen LogP contribution in [0, 0.1) is 0 Å². The van der Waals surface area contributed by atoms with Gasteiger partial charge in [-0.15, -0.1) is 0 Å². The van der Waals surface area contributed by atoms with Crippen LogP contribution in [0.2, 0.25) is 0 Å². The third-order valence-corrected chi connectivity index (χ3v) is 5.44. The van der Waals surface area contributed by atoms with Crippen molar-refractivity contribution in [3.8, 4) is 0 Å². The molecule has 0 aromatic rings. The van der Waals surface area contributed by atoms with E-state index in [9.17, 15) is 24.3 Å². The number of ether oxygens (including phenoxy) is 1. The van der Waals surface area contributed by atoms with Crippen LogP contribution in [0.3, 0.4) is 0 Å². The van der Waals surface area contributed by atoms with Crippen molar-refractivity contribution in [3.63, 3.8) is 0 Å². The minimum atomic E-state index is -1.23. The Morgan fingerprint density at radius 3 is 1.88 bits per heavy atom. The molecule has 0 aromatic heterocycles. The Labute approximate surface area is 196 Å². The zero-order valence-electron chi connectivity index (χ0n) is 19.9. The number of carboxylic acids is 2. The summed E-state index contributed by atoms with van der Waals surface area (Å²) in [6.45, 7) is 2.50. The van der Waals surface area contributed by atoms with E-state index in [1.54, 1.807) is 0 Å². The summed E-state index contributed by atoms with van der Waals surface area (Å²) < 4.78 is 5.16. The van der Waals surface area contributed by atoms with Crippen LogP contribution < -0.4 is 16.8 Å². The molecule has 10 nitrogen and oxygen atoms in total. The number of carboxylic acid groups (broad SMARTS) is 2. The Morgan fingerprint density at radius 2 is 1.33 bits per heavy atom. The molecule has 192 valence electrons. The Kier molecular flexibility index (Phi) is 18.0. The molecule has 0 aliphatic heterocycles. The SMILES string of the molecule is CCCCCCCCCCCOC(=O)C(N)CCC(=O)NC(CCCC(N)C(=O)O)C(=O)O. The lowest BCUT2D eigenvalue weighted by molar-refractivity contribution is -0.146. The summed E-state index contributed by atoms with van der Waals surface area (Å²) in [6.07, 6.45) is 10.7. The monoisotopic (exact) mass is 473 g/mol. The number of hydrogen-bond acceptors (Lipinski definition) is 7. The van der Waals surface area contributed by atoms with Gasteiger partial charge in [0.05, 0.1) is 6.61 Å². The summed E-state index contributed by atoms with van der Waals surface area (Å²) in [6, 6.07) is -3.19. The second-order valence-corrected chi connectivity index (χ2v) is 8.48. The van der Waals surface area contributed by atoms with Crippen molar-refractivity contribution < 1.29 is 34.1 Å². The summed E-state index contributed by atoms with van der Waals surface area (Å²) in [5, 5.41) is 20.3. The molecule has 0 saturated heterocycles. The normalized spacial score (nSPS) is 13.7. The molecule has 0 aliphatic rings. The number of nitrogens with two attached hydrogens (primary N) is 2. The average molecular weight is 474 g/mol. The van der Waals surface area contributed by atoms with Gasteiger partial charge in [0, 0.05) is 6.42 Å². The summed E-state index contributed by atoms with van der Waals surface area (Å²) >= 11 is 0. The van der Waals surface area contributed by atoms with Gasteiger partial charge in [0.1, 0.15) is 18.1 Å². The summed E-state index contributed by atoms with van der Waals surface area (Å²) in [4.78, 5) is 46.0. The molecule has 33 heavy (non-hydrogen) atoms. The molecule has 0 fully saturated rings. The van der Waals surface area contributed by atoms with E-state index < -0.39 is 41.9 Å². The number of aliphatic carboxylic acids is 2. The molecule has 0 rings (SSSR count). The van der Waals surface area contributed by atoms with E-state index in [-0.39, 0.29) is 32.1 Å². The smallest absolute Gasteiger partial charge is 0.326 e. The number of amides is 1. The van der Waals surface area contributed by atoms with Crippen molar-refractivity contribution in [2.75, 3.05) is 6.61 Å². The van der Waals surface area contributed by atoms with Crippen LogP contribution in [-0.2, 0) is 23.9 Å². The van der Waals surface area contributed by atoms with Crippen LogP contribution >= 0.6 is 0 Å². The lowest BCUT2D eigenvalue weighted by atomic mass is 10.1. The molecular formula is C23H43N3O7. The number of carbonyl (C=O) groups excluding carboxylic acids is 2. The van der Waals surface area contributed by atoms with Crippen molar-refractivity contribution in [1.29, 1.82) is 0 Å². The first kappa shape index (κ1) is 30.8. The van der Waals surface area contributed by atoms with Gasteiger partial charge >= 0.3 is 17.9 Å². The fourth-order valence-corrected chi connectivity index (χ4v) is 3.29. The van der Waals surface area contributed by atoms with Gasteiger partial charge in [0.15, 0.2) is 0 Å². The molecule has 3 atom stereocenters. The first-order valence-electron chi connectivity index (χ1n) is 12.1. The zero-order valence-corrected chi connectivity index (χ0v) is 19.9. The number of unbranched alkanes of at least 4 members (excludes halogenated alkanes) is 8. The molecular weight excluding hydrogens is 430 g/mol. The second-order valence-electron chi connectivity index (χ2n) is 8.48. The highest BCUT2D eigenvalue weighted by Gasteiger charge is 2.22. The predicted octanol–water partition coefficient (Wildman–Crippen LogP) is 2.32.